The van der Waals surface area contributed by atoms with Crippen LogP contribution in [0, 0.1) is 30.6 Å². The van der Waals surface area contributed by atoms with E-state index in [0.717, 1.165) is 50.9 Å². The first-order valence-electron chi connectivity index (χ1n) is 18.9. The number of nitrogens with zero attached hydrogens (tertiary/aromatic N) is 3. The zero-order chi connectivity index (χ0) is 36.9. The van der Waals surface area contributed by atoms with Crippen molar-refractivity contribution in [2.75, 3.05) is 44.1 Å². The fourth-order valence-electron chi connectivity index (χ4n) is 9.16. The van der Waals surface area contributed by atoms with Gasteiger partial charge in [-0.15, -0.1) is 4.36 Å². The van der Waals surface area contributed by atoms with E-state index < -0.39 is 27.7 Å². The van der Waals surface area contributed by atoms with Gasteiger partial charge in [0.25, 0.3) is 11.8 Å². The van der Waals surface area contributed by atoms with Crippen LogP contribution in [0.5, 0.6) is 5.75 Å². The fourth-order valence-corrected chi connectivity index (χ4v) is 11.0. The first-order valence-corrected chi connectivity index (χ1v) is 20.6. The second kappa shape index (κ2) is 14.3. The molecule has 4 heterocycles. The van der Waals surface area contributed by atoms with E-state index in [1.54, 1.807) is 19.2 Å². The van der Waals surface area contributed by atoms with Crippen molar-refractivity contribution in [2.24, 2.45) is 22.1 Å². The molecule has 0 radical (unpaired) electrons. The molecular weight excluding hydrogens is 696 g/mol. The summed E-state index contributed by atoms with van der Waals surface area (Å²) in [4.78, 5) is 30.0. The summed E-state index contributed by atoms with van der Waals surface area (Å²) < 4.78 is 56.3. The molecule has 0 saturated heterocycles. The number of anilines is 1. The number of allylic oxidation sites excluding steroid dienone is 1. The quantitative estimate of drug-likeness (QED) is 0.304. The van der Waals surface area contributed by atoms with Crippen LogP contribution in [0.4, 0.5) is 10.1 Å². The van der Waals surface area contributed by atoms with Crippen LogP contribution in [0.15, 0.2) is 59.0 Å². The monoisotopic (exact) mass is 744 g/mol. The predicted molar refractivity (Wildman–Crippen MR) is 201 cm³/mol. The number of carbonyl (C=O) groups excluding carboxylic acids is 2. The normalized spacial score (nSPS) is 30.4. The van der Waals surface area contributed by atoms with E-state index in [0.29, 0.717) is 42.9 Å². The topological polar surface area (TPSA) is 111 Å². The molecule has 1 fully saturated rings. The third-order valence-corrected chi connectivity index (χ3v) is 14.0. The van der Waals surface area contributed by atoms with Gasteiger partial charge in [-0.1, -0.05) is 42.8 Å². The molecular formula is C41H49FN4O6S. The van der Waals surface area contributed by atoms with Crippen LogP contribution >= 0.6 is 0 Å². The highest BCUT2D eigenvalue weighted by atomic mass is 32.2. The van der Waals surface area contributed by atoms with Crippen molar-refractivity contribution in [1.82, 2.24) is 9.29 Å². The van der Waals surface area contributed by atoms with E-state index in [1.807, 2.05) is 19.1 Å². The molecule has 6 atom stereocenters. The Labute approximate surface area is 311 Å². The molecule has 1 spiro atoms. The molecule has 5 aliphatic rings. The van der Waals surface area contributed by atoms with E-state index in [-0.39, 0.29) is 47.5 Å². The third kappa shape index (κ3) is 6.94. The zero-order valence-electron chi connectivity index (χ0n) is 30.8. The smallest absolute Gasteiger partial charge is 0.286 e. The van der Waals surface area contributed by atoms with Gasteiger partial charge in [-0.05, 0) is 98.6 Å². The Hall–Kier alpha value is -4.00. The molecule has 2 aromatic carbocycles. The number of hydrogen-bond donors (Lipinski definition) is 1. The molecule has 1 N–H and O–H groups in total. The maximum Gasteiger partial charge on any atom is 0.286 e. The van der Waals surface area contributed by atoms with Crippen LogP contribution in [-0.2, 0) is 44.4 Å². The lowest BCUT2D eigenvalue weighted by molar-refractivity contribution is 0.0131. The standard InChI is InChI=1S/C41H49FN4O6S/c1-26-9-13-34-28(18-26)7-5-15-41(34)24-45-21-30-10-12-32(30)36(50-3)8-4-6-27(2)23-53(49,43-39(47)29-11-14-37(52-25-41)35(45)19-29)44-40(48)33-20-31-22-51-17-16-46(31)38(33)42/h4,8-9,11,13-14,18-20,27,30,32,36H,5-7,10,12,15-17,21-25H2,1-3H3,(H,43,44,47,48,49)/b8-4+/t27-,30-,32+,36-,41-,53?/m0/s1. The van der Waals surface area contributed by atoms with Crippen molar-refractivity contribution in [3.63, 3.8) is 0 Å². The number of nitrogens with one attached hydrogen (secondary N) is 1. The average molecular weight is 745 g/mol. The Morgan fingerprint density at radius 1 is 1.17 bits per heavy atom. The first-order chi connectivity index (χ1) is 25.5. The van der Waals surface area contributed by atoms with Crippen LogP contribution in [0.25, 0.3) is 0 Å². The van der Waals surface area contributed by atoms with Gasteiger partial charge in [0.05, 0.1) is 42.9 Å². The minimum absolute atomic E-state index is 0.0848. The highest BCUT2D eigenvalue weighted by Crippen LogP contribution is 2.47. The highest BCUT2D eigenvalue weighted by molar-refractivity contribution is 7.92. The van der Waals surface area contributed by atoms with Gasteiger partial charge in [0.15, 0.2) is 0 Å². The van der Waals surface area contributed by atoms with Gasteiger partial charge in [0.1, 0.15) is 15.7 Å². The third-order valence-electron chi connectivity index (χ3n) is 12.0. The number of aryl methyl sites for hydroxylation is 2. The van der Waals surface area contributed by atoms with Crippen LogP contribution in [0.1, 0.15) is 82.1 Å². The van der Waals surface area contributed by atoms with E-state index in [9.17, 15) is 13.8 Å². The minimum Gasteiger partial charge on any atom is -0.490 e. The number of carbonyl (C=O) groups is 2. The Morgan fingerprint density at radius 3 is 2.83 bits per heavy atom. The number of aromatic nitrogens is 1. The number of amides is 2. The Bertz CT molecular complexity index is 2090. The molecule has 2 aliphatic carbocycles. The second-order valence-electron chi connectivity index (χ2n) is 15.8. The van der Waals surface area contributed by atoms with Gasteiger partial charge in [-0.3, -0.25) is 14.3 Å². The van der Waals surface area contributed by atoms with E-state index in [1.165, 1.54) is 27.3 Å². The molecule has 53 heavy (non-hydrogen) atoms. The summed E-state index contributed by atoms with van der Waals surface area (Å²) in [6, 6.07) is 13.5. The number of fused-ring (bicyclic) bond motifs is 5. The van der Waals surface area contributed by atoms with Gasteiger partial charge in [-0.2, -0.15) is 4.39 Å². The average Bonchev–Trinajstić information content (AvgIpc) is 3.38. The molecule has 10 nitrogen and oxygen atoms in total. The number of hydrogen-bond acceptors (Lipinski definition) is 7. The van der Waals surface area contributed by atoms with E-state index in [2.05, 4.69) is 45.2 Å². The Kier molecular flexibility index (Phi) is 9.74. The molecule has 2 bridgehead atoms. The molecule has 1 saturated carbocycles. The van der Waals surface area contributed by atoms with Gasteiger partial charge < -0.3 is 23.7 Å². The molecule has 1 unspecified atom stereocenters. The van der Waals surface area contributed by atoms with Crippen molar-refractivity contribution in [1.29, 1.82) is 0 Å². The minimum atomic E-state index is -3.70. The summed E-state index contributed by atoms with van der Waals surface area (Å²) >= 11 is 0. The van der Waals surface area contributed by atoms with Crippen molar-refractivity contribution >= 4 is 27.4 Å². The predicted octanol–water partition coefficient (Wildman–Crippen LogP) is 6.53. The maximum absolute atomic E-state index is 15.4. The fraction of sp³-hybridized carbons (Fsp3) is 0.512. The van der Waals surface area contributed by atoms with Crippen molar-refractivity contribution in [3.8, 4) is 5.75 Å². The highest BCUT2D eigenvalue weighted by Gasteiger charge is 2.44. The van der Waals surface area contributed by atoms with Gasteiger partial charge in [0, 0.05) is 43.4 Å². The summed E-state index contributed by atoms with van der Waals surface area (Å²) in [5.74, 6) is -1.25. The summed E-state index contributed by atoms with van der Waals surface area (Å²) in [6.45, 7) is 6.82. The first kappa shape index (κ1) is 36.0. The molecule has 1 aromatic heterocycles. The van der Waals surface area contributed by atoms with Gasteiger partial charge in [0.2, 0.25) is 5.95 Å². The van der Waals surface area contributed by atoms with E-state index >= 15 is 4.39 Å². The van der Waals surface area contributed by atoms with E-state index in [4.69, 9.17) is 14.2 Å². The number of rotatable bonds is 3. The van der Waals surface area contributed by atoms with Crippen molar-refractivity contribution in [2.45, 2.75) is 77.0 Å². The Morgan fingerprint density at radius 2 is 2.04 bits per heavy atom. The second-order valence-corrected chi connectivity index (χ2v) is 17.8. The Balaban J connectivity index is 1.19. The summed E-state index contributed by atoms with van der Waals surface area (Å²) in [5, 5.41) is 0. The summed E-state index contributed by atoms with van der Waals surface area (Å²) in [7, 11) is -1.95. The number of methoxy groups -OCH3 is 1. The lowest BCUT2D eigenvalue weighted by Gasteiger charge is -2.46. The summed E-state index contributed by atoms with van der Waals surface area (Å²) in [6.07, 6.45) is 9.83. The molecule has 3 aromatic rings. The van der Waals surface area contributed by atoms with Crippen LogP contribution < -0.4 is 14.4 Å². The molecule has 282 valence electrons. The number of halogens is 1. The number of benzene rings is 2. The largest absolute Gasteiger partial charge is 0.490 e. The number of ether oxygens (including phenoxy) is 3. The van der Waals surface area contributed by atoms with Gasteiger partial charge in [-0.25, -0.2) is 4.21 Å². The lowest BCUT2D eigenvalue weighted by atomic mass is 9.68. The van der Waals surface area contributed by atoms with Crippen LogP contribution in [0.2, 0.25) is 0 Å². The maximum atomic E-state index is 15.4. The molecule has 2 amide bonds. The van der Waals surface area contributed by atoms with Crippen molar-refractivity contribution in [3.05, 3.63) is 94.1 Å². The lowest BCUT2D eigenvalue weighted by Crippen LogP contribution is -2.49. The van der Waals surface area contributed by atoms with Crippen molar-refractivity contribution < 1.29 is 32.4 Å². The van der Waals surface area contributed by atoms with Crippen LogP contribution in [0.3, 0.4) is 0 Å². The van der Waals surface area contributed by atoms with Gasteiger partial charge >= 0.3 is 0 Å². The molecule has 8 rings (SSSR count). The SMILES string of the molecule is CO[C@H]1/C=C/C[C@H](C)CS(=O)(NC(=O)c2cc3n(c2F)CCOC3)=NC(=O)c2ccc3c(c2)N(C[C@@H]2CC[C@H]21)C[C@@]1(CCCc2cc(C)ccc21)CO3. The summed E-state index contributed by atoms with van der Waals surface area (Å²) in [5.41, 5.74) is 5.05. The molecule has 12 heteroatoms. The zero-order valence-corrected chi connectivity index (χ0v) is 31.6. The molecule has 3 aliphatic heterocycles. The van der Waals surface area contributed by atoms with Crippen LogP contribution in [-0.4, -0.2) is 65.9 Å².